The number of urea groups is 1. The molecule has 0 spiro atoms. The van der Waals surface area contributed by atoms with Crippen molar-refractivity contribution in [3.63, 3.8) is 0 Å². The van der Waals surface area contributed by atoms with E-state index in [4.69, 9.17) is 11.6 Å². The van der Waals surface area contributed by atoms with Crippen molar-refractivity contribution in [2.45, 2.75) is 12.8 Å². The van der Waals surface area contributed by atoms with Gasteiger partial charge in [0.05, 0.1) is 11.0 Å². The first kappa shape index (κ1) is 15.6. The predicted molar refractivity (Wildman–Crippen MR) is 87.4 cm³/mol. The van der Waals surface area contributed by atoms with Crippen molar-refractivity contribution in [1.29, 1.82) is 0 Å². The zero-order valence-corrected chi connectivity index (χ0v) is 13.3. The molecule has 2 heterocycles. The monoisotopic (exact) mass is 335 g/mol. The minimum absolute atomic E-state index is 0.106. The number of hydrogen-bond donors (Lipinski definition) is 3. The van der Waals surface area contributed by atoms with Crippen LogP contribution in [-0.2, 0) is 11.2 Å². The molecule has 8 heteroatoms. The first-order chi connectivity index (χ1) is 11.1. The molecular formula is C15H18ClN5O2. The van der Waals surface area contributed by atoms with Crippen LogP contribution in [-0.4, -0.2) is 53.0 Å². The van der Waals surface area contributed by atoms with Crippen molar-refractivity contribution in [2.75, 3.05) is 26.2 Å². The molecule has 1 saturated heterocycles. The van der Waals surface area contributed by atoms with E-state index in [0.717, 1.165) is 23.3 Å². The number of rotatable bonds is 3. The quantitative estimate of drug-likeness (QED) is 0.789. The molecule has 0 unspecified atom stereocenters. The maximum atomic E-state index is 12.1. The minimum Gasteiger partial charge on any atom is -0.354 e. The van der Waals surface area contributed by atoms with E-state index < -0.39 is 0 Å². The van der Waals surface area contributed by atoms with Gasteiger partial charge in [0.1, 0.15) is 12.4 Å². The largest absolute Gasteiger partial charge is 0.354 e. The molecule has 0 aliphatic carbocycles. The van der Waals surface area contributed by atoms with Gasteiger partial charge in [0.15, 0.2) is 0 Å². The van der Waals surface area contributed by atoms with Crippen LogP contribution in [0.5, 0.6) is 0 Å². The number of nitrogens with zero attached hydrogens (tertiary/aromatic N) is 2. The van der Waals surface area contributed by atoms with Gasteiger partial charge in [-0.25, -0.2) is 9.78 Å². The highest BCUT2D eigenvalue weighted by molar-refractivity contribution is 6.31. The Labute approximate surface area is 138 Å². The fourth-order valence-electron chi connectivity index (χ4n) is 2.53. The Morgan fingerprint density at radius 1 is 1.43 bits per heavy atom. The molecule has 1 aliphatic rings. The number of nitrogens with one attached hydrogen (secondary N) is 3. The van der Waals surface area contributed by atoms with Crippen LogP contribution >= 0.6 is 11.6 Å². The van der Waals surface area contributed by atoms with E-state index in [9.17, 15) is 9.59 Å². The molecule has 1 aromatic heterocycles. The number of aromatic amines is 1. The zero-order valence-electron chi connectivity index (χ0n) is 12.6. The number of benzene rings is 1. The predicted octanol–water partition coefficient (Wildman–Crippen LogP) is 1.29. The zero-order chi connectivity index (χ0) is 16.2. The fraction of sp³-hybridized carbons (Fsp3) is 0.400. The summed E-state index contributed by atoms with van der Waals surface area (Å²) in [4.78, 5) is 32.7. The third-order valence-electron chi connectivity index (χ3n) is 3.68. The number of halogens is 1. The number of carbonyl (C=O) groups excluding carboxylic acids is 2. The van der Waals surface area contributed by atoms with Gasteiger partial charge in [-0.05, 0) is 24.6 Å². The van der Waals surface area contributed by atoms with Crippen molar-refractivity contribution >= 4 is 34.6 Å². The van der Waals surface area contributed by atoms with Crippen LogP contribution in [0.2, 0.25) is 5.02 Å². The maximum absolute atomic E-state index is 12.1. The Bertz CT molecular complexity index is 730. The second-order valence-corrected chi connectivity index (χ2v) is 5.89. The van der Waals surface area contributed by atoms with E-state index >= 15 is 0 Å². The van der Waals surface area contributed by atoms with Crippen LogP contribution in [0.4, 0.5) is 4.79 Å². The van der Waals surface area contributed by atoms with Gasteiger partial charge >= 0.3 is 6.03 Å². The van der Waals surface area contributed by atoms with Gasteiger partial charge in [-0.2, -0.15) is 0 Å². The average molecular weight is 336 g/mol. The number of imidazole rings is 1. The molecular weight excluding hydrogens is 318 g/mol. The van der Waals surface area contributed by atoms with Crippen LogP contribution in [0.25, 0.3) is 11.0 Å². The Hall–Kier alpha value is -2.28. The Balaban J connectivity index is 1.53. The van der Waals surface area contributed by atoms with Gasteiger partial charge in [-0.1, -0.05) is 11.6 Å². The normalized spacial score (nSPS) is 15.3. The summed E-state index contributed by atoms with van der Waals surface area (Å²) in [6.07, 6.45) is 1.35. The summed E-state index contributed by atoms with van der Waals surface area (Å²) in [7, 11) is 0. The molecule has 0 bridgehead atoms. The summed E-state index contributed by atoms with van der Waals surface area (Å²) in [6, 6.07) is 5.25. The summed E-state index contributed by atoms with van der Waals surface area (Å²) >= 11 is 5.94. The van der Waals surface area contributed by atoms with E-state index in [2.05, 4.69) is 20.6 Å². The summed E-state index contributed by atoms with van der Waals surface area (Å²) in [5.41, 5.74) is 1.72. The Morgan fingerprint density at radius 3 is 3.17 bits per heavy atom. The van der Waals surface area contributed by atoms with Crippen molar-refractivity contribution in [2.24, 2.45) is 0 Å². The molecule has 3 amide bonds. The summed E-state index contributed by atoms with van der Waals surface area (Å²) < 4.78 is 0. The van der Waals surface area contributed by atoms with Crippen molar-refractivity contribution in [1.82, 2.24) is 25.5 Å². The number of carbonyl (C=O) groups is 2. The highest BCUT2D eigenvalue weighted by Gasteiger charge is 2.19. The number of H-pyrrole nitrogens is 1. The highest BCUT2D eigenvalue weighted by Crippen LogP contribution is 2.17. The van der Waals surface area contributed by atoms with E-state index in [1.54, 1.807) is 6.07 Å². The lowest BCUT2D eigenvalue weighted by molar-refractivity contribution is -0.121. The molecule has 3 rings (SSSR count). The lowest BCUT2D eigenvalue weighted by Crippen LogP contribution is -2.44. The van der Waals surface area contributed by atoms with Crippen molar-refractivity contribution < 1.29 is 9.59 Å². The number of aromatic nitrogens is 2. The molecule has 7 nitrogen and oxygen atoms in total. The lowest BCUT2D eigenvalue weighted by atomic mass is 10.3. The molecule has 3 N–H and O–H groups in total. The van der Waals surface area contributed by atoms with E-state index in [0.29, 0.717) is 31.1 Å². The molecule has 122 valence electrons. The number of fused-ring (bicyclic) bond motifs is 1. The lowest BCUT2D eigenvalue weighted by Gasteiger charge is -2.19. The van der Waals surface area contributed by atoms with Crippen LogP contribution < -0.4 is 10.6 Å². The SMILES string of the molecule is O=C1CN(C(=O)NCCc2nc3ccc(Cl)cc3[nH]2)CCCN1. The van der Waals surface area contributed by atoms with E-state index in [1.807, 2.05) is 12.1 Å². The molecule has 1 aliphatic heterocycles. The summed E-state index contributed by atoms with van der Waals surface area (Å²) in [6.45, 7) is 1.75. The van der Waals surface area contributed by atoms with Crippen LogP contribution in [0.15, 0.2) is 18.2 Å². The third kappa shape index (κ3) is 3.92. The second-order valence-electron chi connectivity index (χ2n) is 5.45. The van der Waals surface area contributed by atoms with Gasteiger partial charge in [0.25, 0.3) is 0 Å². The average Bonchev–Trinajstić information content (AvgIpc) is 2.78. The Morgan fingerprint density at radius 2 is 2.30 bits per heavy atom. The number of hydrogen-bond acceptors (Lipinski definition) is 3. The molecule has 0 saturated carbocycles. The van der Waals surface area contributed by atoms with Gasteiger partial charge < -0.3 is 20.5 Å². The fourth-order valence-corrected chi connectivity index (χ4v) is 2.70. The molecule has 23 heavy (non-hydrogen) atoms. The number of amides is 3. The van der Waals surface area contributed by atoms with Crippen LogP contribution in [0.3, 0.4) is 0 Å². The first-order valence-corrected chi connectivity index (χ1v) is 7.93. The Kier molecular flexibility index (Phi) is 4.66. The van der Waals surface area contributed by atoms with Crippen molar-refractivity contribution in [3.8, 4) is 0 Å². The van der Waals surface area contributed by atoms with Gasteiger partial charge in [-0.15, -0.1) is 0 Å². The van der Waals surface area contributed by atoms with Gasteiger partial charge in [0.2, 0.25) is 5.91 Å². The summed E-state index contributed by atoms with van der Waals surface area (Å²) in [5.74, 6) is 0.669. The van der Waals surface area contributed by atoms with Gasteiger partial charge in [-0.3, -0.25) is 4.79 Å². The standard InChI is InChI=1S/C15H18ClN5O2/c16-10-2-3-11-12(8-10)20-13(19-11)4-6-18-15(23)21-7-1-5-17-14(22)9-21/h2-3,8H,1,4-7,9H2,(H,17,22)(H,18,23)(H,19,20). The highest BCUT2D eigenvalue weighted by atomic mass is 35.5. The molecule has 1 aromatic carbocycles. The van der Waals surface area contributed by atoms with Crippen molar-refractivity contribution in [3.05, 3.63) is 29.0 Å². The first-order valence-electron chi connectivity index (χ1n) is 7.55. The van der Waals surface area contributed by atoms with E-state index in [1.165, 1.54) is 4.90 Å². The molecule has 0 atom stereocenters. The third-order valence-corrected chi connectivity index (χ3v) is 3.91. The maximum Gasteiger partial charge on any atom is 0.317 e. The minimum atomic E-state index is -0.221. The molecule has 0 radical (unpaired) electrons. The smallest absolute Gasteiger partial charge is 0.317 e. The van der Waals surface area contributed by atoms with E-state index in [-0.39, 0.29) is 18.5 Å². The van der Waals surface area contributed by atoms with Crippen LogP contribution in [0, 0.1) is 0 Å². The summed E-state index contributed by atoms with van der Waals surface area (Å²) in [5, 5.41) is 6.22. The molecule has 1 fully saturated rings. The molecule has 2 aromatic rings. The second kappa shape index (κ2) is 6.87. The van der Waals surface area contributed by atoms with Gasteiger partial charge in [0, 0.05) is 31.1 Å². The van der Waals surface area contributed by atoms with Crippen LogP contribution in [0.1, 0.15) is 12.2 Å². The topological polar surface area (TPSA) is 90.1 Å².